The fraction of sp³-hybridized carbons (Fsp3) is 0.368. The summed E-state index contributed by atoms with van der Waals surface area (Å²) in [7, 11) is 1.97. The molecule has 112 valence electrons. The van der Waals surface area contributed by atoms with Crippen molar-refractivity contribution >= 4 is 0 Å². The molecule has 0 aliphatic carbocycles. The summed E-state index contributed by atoms with van der Waals surface area (Å²) >= 11 is 0. The smallest absolute Gasteiger partial charge is 0.124 e. The van der Waals surface area contributed by atoms with Crippen LogP contribution in [0.5, 0.6) is 5.75 Å². The van der Waals surface area contributed by atoms with Crippen molar-refractivity contribution in [2.24, 2.45) is 0 Å². The zero-order valence-electron chi connectivity index (χ0n) is 13.7. The van der Waals surface area contributed by atoms with Gasteiger partial charge in [0.25, 0.3) is 0 Å². The monoisotopic (exact) mass is 283 g/mol. The fourth-order valence-corrected chi connectivity index (χ4v) is 2.71. The predicted octanol–water partition coefficient (Wildman–Crippen LogP) is 4.47. The van der Waals surface area contributed by atoms with Gasteiger partial charge >= 0.3 is 0 Å². The van der Waals surface area contributed by atoms with Gasteiger partial charge in [0.2, 0.25) is 0 Å². The van der Waals surface area contributed by atoms with Gasteiger partial charge in [0.1, 0.15) is 12.4 Å². The van der Waals surface area contributed by atoms with E-state index in [4.69, 9.17) is 4.74 Å². The molecule has 1 unspecified atom stereocenters. The van der Waals surface area contributed by atoms with Crippen LogP contribution in [0.3, 0.4) is 0 Å². The number of ether oxygens (including phenoxy) is 1. The van der Waals surface area contributed by atoms with Crippen LogP contribution in [0.2, 0.25) is 0 Å². The molecule has 0 fully saturated rings. The number of aryl methyl sites for hydroxylation is 3. The average molecular weight is 283 g/mol. The Balaban J connectivity index is 2.21. The maximum atomic E-state index is 6.11. The van der Waals surface area contributed by atoms with Crippen molar-refractivity contribution in [2.75, 3.05) is 7.05 Å². The van der Waals surface area contributed by atoms with E-state index in [1.807, 2.05) is 19.2 Å². The molecule has 0 bridgehead atoms. The lowest BCUT2D eigenvalue weighted by Crippen LogP contribution is -2.14. The molecule has 1 N–H and O–H groups in total. The van der Waals surface area contributed by atoms with Crippen LogP contribution in [0.25, 0.3) is 0 Å². The summed E-state index contributed by atoms with van der Waals surface area (Å²) in [5, 5.41) is 3.27. The Kier molecular flexibility index (Phi) is 5.03. The second kappa shape index (κ2) is 6.77. The van der Waals surface area contributed by atoms with Crippen molar-refractivity contribution in [3.8, 4) is 5.75 Å². The summed E-state index contributed by atoms with van der Waals surface area (Å²) in [5.41, 5.74) is 6.38. The molecule has 1 atom stereocenters. The summed E-state index contributed by atoms with van der Waals surface area (Å²) in [6.45, 7) is 9.20. The topological polar surface area (TPSA) is 21.3 Å². The van der Waals surface area contributed by atoms with Gasteiger partial charge in [0, 0.05) is 11.6 Å². The number of rotatable bonds is 5. The first-order valence-electron chi connectivity index (χ1n) is 7.48. The molecule has 0 aliphatic rings. The predicted molar refractivity (Wildman–Crippen MR) is 88.9 cm³/mol. The minimum atomic E-state index is 0.279. The molecule has 0 aliphatic heterocycles. The van der Waals surface area contributed by atoms with Gasteiger partial charge in [0.05, 0.1) is 0 Å². The molecule has 2 aromatic carbocycles. The highest BCUT2D eigenvalue weighted by molar-refractivity contribution is 5.39. The summed E-state index contributed by atoms with van der Waals surface area (Å²) in [4.78, 5) is 0. The van der Waals surface area contributed by atoms with Crippen LogP contribution in [-0.4, -0.2) is 7.05 Å². The number of benzene rings is 2. The summed E-state index contributed by atoms with van der Waals surface area (Å²) in [6, 6.07) is 12.9. The molecule has 0 saturated carbocycles. The Morgan fingerprint density at radius 2 is 1.67 bits per heavy atom. The van der Waals surface area contributed by atoms with Crippen molar-refractivity contribution in [3.05, 3.63) is 64.2 Å². The first-order valence-corrected chi connectivity index (χ1v) is 7.48. The van der Waals surface area contributed by atoms with Crippen LogP contribution in [-0.2, 0) is 6.61 Å². The standard InChI is InChI=1S/C19H25NO/c1-13-10-14(2)18(15(3)11-13)12-21-19-9-7-6-8-17(19)16(4)20-5/h6-11,16,20H,12H2,1-5H3. The van der Waals surface area contributed by atoms with E-state index in [9.17, 15) is 0 Å². The molecular weight excluding hydrogens is 258 g/mol. The van der Waals surface area contributed by atoms with Crippen LogP contribution in [0, 0.1) is 20.8 Å². The normalized spacial score (nSPS) is 12.2. The quantitative estimate of drug-likeness (QED) is 0.874. The summed E-state index contributed by atoms with van der Waals surface area (Å²) in [5.74, 6) is 0.957. The minimum absolute atomic E-state index is 0.279. The van der Waals surface area contributed by atoms with Gasteiger partial charge in [-0.15, -0.1) is 0 Å². The highest BCUT2D eigenvalue weighted by Gasteiger charge is 2.11. The second-order valence-corrected chi connectivity index (χ2v) is 5.71. The summed E-state index contributed by atoms with van der Waals surface area (Å²) < 4.78 is 6.11. The first-order chi connectivity index (χ1) is 10.0. The van der Waals surface area contributed by atoms with Gasteiger partial charge in [0.15, 0.2) is 0 Å². The van der Waals surface area contributed by atoms with Crippen molar-refractivity contribution < 1.29 is 4.74 Å². The number of para-hydroxylation sites is 1. The molecule has 21 heavy (non-hydrogen) atoms. The van der Waals surface area contributed by atoms with Gasteiger partial charge in [-0.05, 0) is 57.5 Å². The number of hydrogen-bond donors (Lipinski definition) is 1. The van der Waals surface area contributed by atoms with E-state index >= 15 is 0 Å². The molecular formula is C19H25NO. The van der Waals surface area contributed by atoms with Gasteiger partial charge in [-0.1, -0.05) is 35.9 Å². The molecule has 0 heterocycles. The van der Waals surface area contributed by atoms with Gasteiger partial charge in [-0.3, -0.25) is 0 Å². The third-order valence-corrected chi connectivity index (χ3v) is 4.03. The highest BCUT2D eigenvalue weighted by atomic mass is 16.5. The van der Waals surface area contributed by atoms with Crippen LogP contribution < -0.4 is 10.1 Å². The van der Waals surface area contributed by atoms with E-state index in [-0.39, 0.29) is 6.04 Å². The van der Waals surface area contributed by atoms with E-state index < -0.39 is 0 Å². The maximum absolute atomic E-state index is 6.11. The van der Waals surface area contributed by atoms with E-state index in [2.05, 4.69) is 57.3 Å². The third kappa shape index (κ3) is 3.64. The van der Waals surface area contributed by atoms with Crippen molar-refractivity contribution in [1.29, 1.82) is 0 Å². The molecule has 0 saturated heterocycles. The van der Waals surface area contributed by atoms with Gasteiger partial charge in [-0.25, -0.2) is 0 Å². The Bertz CT molecular complexity index is 596. The van der Waals surface area contributed by atoms with Gasteiger partial charge in [-0.2, -0.15) is 0 Å². The molecule has 0 spiro atoms. The highest BCUT2D eigenvalue weighted by Crippen LogP contribution is 2.26. The lowest BCUT2D eigenvalue weighted by molar-refractivity contribution is 0.298. The Hall–Kier alpha value is -1.80. The third-order valence-electron chi connectivity index (χ3n) is 4.03. The van der Waals surface area contributed by atoms with Crippen LogP contribution >= 0.6 is 0 Å². The first kappa shape index (κ1) is 15.6. The van der Waals surface area contributed by atoms with E-state index in [1.54, 1.807) is 0 Å². The SMILES string of the molecule is CNC(C)c1ccccc1OCc1c(C)cc(C)cc1C. The van der Waals surface area contributed by atoms with Crippen molar-refractivity contribution in [2.45, 2.75) is 40.3 Å². The lowest BCUT2D eigenvalue weighted by atomic mass is 10.0. The lowest BCUT2D eigenvalue weighted by Gasteiger charge is -2.18. The molecule has 0 radical (unpaired) electrons. The van der Waals surface area contributed by atoms with E-state index in [0.29, 0.717) is 6.61 Å². The zero-order valence-corrected chi connectivity index (χ0v) is 13.7. The van der Waals surface area contributed by atoms with Crippen molar-refractivity contribution in [3.63, 3.8) is 0 Å². The minimum Gasteiger partial charge on any atom is -0.489 e. The molecule has 0 aromatic heterocycles. The molecule has 2 rings (SSSR count). The van der Waals surface area contributed by atoms with Crippen LogP contribution in [0.1, 0.15) is 40.8 Å². The summed E-state index contributed by atoms with van der Waals surface area (Å²) in [6.07, 6.45) is 0. The second-order valence-electron chi connectivity index (χ2n) is 5.71. The number of nitrogens with one attached hydrogen (secondary N) is 1. The van der Waals surface area contributed by atoms with E-state index in [0.717, 1.165) is 5.75 Å². The maximum Gasteiger partial charge on any atom is 0.124 e. The Morgan fingerprint density at radius 1 is 1.05 bits per heavy atom. The largest absolute Gasteiger partial charge is 0.489 e. The van der Waals surface area contributed by atoms with Crippen LogP contribution in [0.15, 0.2) is 36.4 Å². The van der Waals surface area contributed by atoms with E-state index in [1.165, 1.54) is 27.8 Å². The Morgan fingerprint density at radius 3 is 2.29 bits per heavy atom. The van der Waals surface area contributed by atoms with Crippen LogP contribution in [0.4, 0.5) is 0 Å². The molecule has 2 nitrogen and oxygen atoms in total. The zero-order chi connectivity index (χ0) is 15.4. The average Bonchev–Trinajstić information content (AvgIpc) is 2.45. The molecule has 2 heteroatoms. The molecule has 2 aromatic rings. The van der Waals surface area contributed by atoms with Crippen molar-refractivity contribution in [1.82, 2.24) is 5.32 Å². The fourth-order valence-electron chi connectivity index (χ4n) is 2.71. The molecule has 0 amide bonds. The Labute approximate surface area is 128 Å². The number of hydrogen-bond acceptors (Lipinski definition) is 2. The van der Waals surface area contributed by atoms with Gasteiger partial charge < -0.3 is 10.1 Å².